The number of piperidine rings is 1. The van der Waals surface area contributed by atoms with Crippen molar-refractivity contribution in [2.45, 2.75) is 31.3 Å². The lowest BCUT2D eigenvalue weighted by Crippen LogP contribution is -2.51. The minimum atomic E-state index is -0.235. The van der Waals surface area contributed by atoms with Crippen molar-refractivity contribution in [3.05, 3.63) is 89.5 Å². The van der Waals surface area contributed by atoms with Crippen LogP contribution in [-0.4, -0.2) is 25.8 Å². The largest absolute Gasteiger partial charge is 0.497 e. The Hall–Kier alpha value is -3.84. The molecule has 36 heavy (non-hydrogen) atoms. The molecule has 3 aromatic carbocycles. The second-order valence-electron chi connectivity index (χ2n) is 9.41. The van der Waals surface area contributed by atoms with E-state index in [1.54, 1.807) is 38.5 Å². The molecule has 5 rings (SSSR count). The van der Waals surface area contributed by atoms with Gasteiger partial charge in [-0.15, -0.1) is 0 Å². The van der Waals surface area contributed by atoms with Crippen LogP contribution in [0, 0.1) is 11.8 Å². The quantitative estimate of drug-likeness (QED) is 0.342. The van der Waals surface area contributed by atoms with E-state index in [9.17, 15) is 4.79 Å². The van der Waals surface area contributed by atoms with E-state index < -0.39 is 0 Å². The molecule has 2 aliphatic rings. The minimum Gasteiger partial charge on any atom is -0.497 e. The number of carbonyl (C=O) groups excluding carboxylic acids is 1. The van der Waals surface area contributed by atoms with E-state index >= 15 is 0 Å². The Labute approximate surface area is 211 Å². The summed E-state index contributed by atoms with van der Waals surface area (Å²) < 4.78 is 10.7. The van der Waals surface area contributed by atoms with Crippen LogP contribution in [0.2, 0.25) is 0 Å². The summed E-state index contributed by atoms with van der Waals surface area (Å²) in [6.45, 7) is 0. The molecule has 7 heteroatoms. The number of nitrogen functional groups attached to an aromatic ring is 1. The lowest BCUT2D eigenvalue weighted by atomic mass is 9.67. The molecule has 7 nitrogen and oxygen atoms in total. The first-order chi connectivity index (χ1) is 17.6. The molecule has 3 aromatic rings. The first kappa shape index (κ1) is 23.9. The van der Waals surface area contributed by atoms with Gasteiger partial charge in [-0.25, -0.2) is 5.43 Å². The molecule has 1 amide bonds. The molecule has 0 aromatic heterocycles. The number of hydrazone groups is 1. The number of nitrogens with two attached hydrogens (primary N) is 1. The highest BCUT2D eigenvalue weighted by molar-refractivity contribution is 5.97. The molecule has 1 aliphatic carbocycles. The number of nitrogens with zero attached hydrogens (tertiary/aromatic N) is 1. The van der Waals surface area contributed by atoms with Gasteiger partial charge in [0.25, 0.3) is 5.91 Å². The van der Waals surface area contributed by atoms with Gasteiger partial charge in [0.05, 0.1) is 14.2 Å². The van der Waals surface area contributed by atoms with Gasteiger partial charge < -0.3 is 20.5 Å². The molecule has 1 saturated carbocycles. The zero-order valence-electron chi connectivity index (χ0n) is 20.6. The molecule has 4 atom stereocenters. The molecule has 2 fully saturated rings. The average molecular weight is 485 g/mol. The second-order valence-corrected chi connectivity index (χ2v) is 9.41. The van der Waals surface area contributed by atoms with Gasteiger partial charge in [0.15, 0.2) is 0 Å². The summed E-state index contributed by atoms with van der Waals surface area (Å²) in [6, 6.07) is 23.4. The number of fused-ring (bicyclic) bond motifs is 2. The van der Waals surface area contributed by atoms with Crippen LogP contribution in [0.5, 0.6) is 11.5 Å². The van der Waals surface area contributed by atoms with Crippen molar-refractivity contribution in [1.82, 2.24) is 10.7 Å². The summed E-state index contributed by atoms with van der Waals surface area (Å²) in [7, 11) is 3.35. The number of amides is 1. The van der Waals surface area contributed by atoms with E-state index in [-0.39, 0.29) is 29.8 Å². The minimum absolute atomic E-state index is 0.0618. The van der Waals surface area contributed by atoms with Crippen LogP contribution in [0.3, 0.4) is 0 Å². The van der Waals surface area contributed by atoms with Gasteiger partial charge in [0, 0.05) is 40.9 Å². The number of anilines is 1. The van der Waals surface area contributed by atoms with Gasteiger partial charge in [0.2, 0.25) is 0 Å². The lowest BCUT2D eigenvalue weighted by molar-refractivity contribution is 0.0953. The summed E-state index contributed by atoms with van der Waals surface area (Å²) in [5, 5.41) is 8.71. The van der Waals surface area contributed by atoms with E-state index in [1.165, 1.54) is 11.1 Å². The highest BCUT2D eigenvalue weighted by atomic mass is 16.5. The van der Waals surface area contributed by atoms with Gasteiger partial charge in [-0.1, -0.05) is 30.7 Å². The number of hydrogen-bond acceptors (Lipinski definition) is 6. The molecule has 4 N–H and O–H groups in total. The third-order valence-electron chi connectivity index (χ3n) is 7.36. The fraction of sp³-hybridized carbons (Fsp3) is 0.310. The van der Waals surface area contributed by atoms with Crippen LogP contribution >= 0.6 is 0 Å². The monoisotopic (exact) mass is 484 g/mol. The predicted octanol–water partition coefficient (Wildman–Crippen LogP) is 4.87. The molecule has 186 valence electrons. The molecular weight excluding hydrogens is 452 g/mol. The van der Waals surface area contributed by atoms with Crippen LogP contribution in [0.25, 0.3) is 0 Å². The number of benzene rings is 3. The lowest BCUT2D eigenvalue weighted by Gasteiger charge is -2.47. The van der Waals surface area contributed by atoms with Crippen molar-refractivity contribution in [1.29, 1.82) is 0 Å². The van der Waals surface area contributed by atoms with E-state index in [0.717, 1.165) is 36.5 Å². The summed E-state index contributed by atoms with van der Waals surface area (Å²) >= 11 is 0. The predicted molar refractivity (Wildman–Crippen MR) is 141 cm³/mol. The first-order valence-corrected chi connectivity index (χ1v) is 12.3. The molecule has 0 radical (unpaired) electrons. The third-order valence-corrected chi connectivity index (χ3v) is 7.36. The summed E-state index contributed by atoms with van der Waals surface area (Å²) in [5.74, 6) is 1.78. The van der Waals surface area contributed by atoms with Crippen molar-refractivity contribution in [2.75, 3.05) is 20.0 Å². The molecule has 1 heterocycles. The standard InChI is InChI=1S/C29H32N4O3/c1-35-22-14-8-18(9-15-22)26-24-4-3-5-25(27(31-26)19-10-16-23(36-2)17-11-19)28(24)32-33-29(34)20-6-12-21(30)13-7-20/h6-17,24-27,31H,3-5,30H2,1-2H3,(H,33,34). The highest BCUT2D eigenvalue weighted by Crippen LogP contribution is 2.46. The fourth-order valence-electron chi connectivity index (χ4n) is 5.49. The molecule has 0 spiro atoms. The van der Waals surface area contributed by atoms with Crippen LogP contribution in [-0.2, 0) is 0 Å². The number of nitrogens with one attached hydrogen (secondary N) is 2. The zero-order valence-corrected chi connectivity index (χ0v) is 20.6. The first-order valence-electron chi connectivity index (χ1n) is 12.3. The van der Waals surface area contributed by atoms with Crippen molar-refractivity contribution in [2.24, 2.45) is 16.9 Å². The molecule has 2 bridgehead atoms. The SMILES string of the molecule is COc1ccc(C2NC(c3ccc(OC)cc3)C3CCCC2C3=NNC(=O)c2ccc(N)cc2)cc1. The third kappa shape index (κ3) is 4.79. The maximum Gasteiger partial charge on any atom is 0.271 e. The highest BCUT2D eigenvalue weighted by Gasteiger charge is 2.45. The van der Waals surface area contributed by atoms with Gasteiger partial charge >= 0.3 is 0 Å². The maximum absolute atomic E-state index is 12.9. The average Bonchev–Trinajstić information content (AvgIpc) is 2.92. The molecule has 1 saturated heterocycles. The number of methoxy groups -OCH3 is 2. The summed E-state index contributed by atoms with van der Waals surface area (Å²) in [4.78, 5) is 12.9. The van der Waals surface area contributed by atoms with Crippen molar-refractivity contribution in [3.63, 3.8) is 0 Å². The van der Waals surface area contributed by atoms with E-state index in [4.69, 9.17) is 20.3 Å². The fourth-order valence-corrected chi connectivity index (χ4v) is 5.49. The Kier molecular flexibility index (Phi) is 6.91. The number of hydrogen-bond donors (Lipinski definition) is 3. The molecule has 4 unspecified atom stereocenters. The van der Waals surface area contributed by atoms with Gasteiger partial charge in [0.1, 0.15) is 11.5 Å². The Bertz CT molecular complexity index is 1160. The van der Waals surface area contributed by atoms with E-state index in [0.29, 0.717) is 11.3 Å². The summed E-state index contributed by atoms with van der Waals surface area (Å²) in [5.41, 5.74) is 13.2. The topological polar surface area (TPSA) is 98.0 Å². The Morgan fingerprint density at radius 3 is 1.81 bits per heavy atom. The number of carbonyl (C=O) groups is 1. The van der Waals surface area contributed by atoms with Crippen molar-refractivity contribution < 1.29 is 14.3 Å². The van der Waals surface area contributed by atoms with Crippen molar-refractivity contribution in [3.8, 4) is 11.5 Å². The zero-order chi connectivity index (χ0) is 25.1. The maximum atomic E-state index is 12.9. The molecular formula is C29H32N4O3. The Morgan fingerprint density at radius 1 is 0.833 bits per heavy atom. The van der Waals surface area contributed by atoms with E-state index in [1.807, 2.05) is 24.3 Å². The summed E-state index contributed by atoms with van der Waals surface area (Å²) in [6.07, 6.45) is 3.12. The van der Waals surface area contributed by atoms with Crippen LogP contribution < -0.4 is 25.9 Å². The normalized spacial score (nSPS) is 23.0. The van der Waals surface area contributed by atoms with Crippen molar-refractivity contribution >= 4 is 17.3 Å². The van der Waals surface area contributed by atoms with Crippen LogP contribution in [0.1, 0.15) is 52.8 Å². The van der Waals surface area contributed by atoms with Crippen LogP contribution in [0.15, 0.2) is 77.9 Å². The molecule has 1 aliphatic heterocycles. The van der Waals surface area contributed by atoms with E-state index in [2.05, 4.69) is 35.0 Å². The Balaban J connectivity index is 1.50. The number of rotatable bonds is 6. The second kappa shape index (κ2) is 10.4. The smallest absolute Gasteiger partial charge is 0.271 e. The number of ether oxygens (including phenoxy) is 2. The Morgan fingerprint density at radius 2 is 1.33 bits per heavy atom. The van der Waals surface area contributed by atoms with Gasteiger partial charge in [-0.05, 0) is 72.5 Å². The van der Waals surface area contributed by atoms with Gasteiger partial charge in [-0.2, -0.15) is 5.10 Å². The van der Waals surface area contributed by atoms with Gasteiger partial charge in [-0.3, -0.25) is 4.79 Å². The van der Waals surface area contributed by atoms with Crippen LogP contribution in [0.4, 0.5) is 5.69 Å².